The molecule has 0 saturated carbocycles. The van der Waals surface area contributed by atoms with Crippen molar-refractivity contribution in [3.05, 3.63) is 88.4 Å². The summed E-state index contributed by atoms with van der Waals surface area (Å²) in [5.41, 5.74) is -0.229. The van der Waals surface area contributed by atoms with Crippen LogP contribution in [0.1, 0.15) is 47.2 Å². The zero-order valence-corrected chi connectivity index (χ0v) is 23.3. The van der Waals surface area contributed by atoms with Crippen LogP contribution in [0.3, 0.4) is 0 Å². The molecule has 4 rings (SSSR count). The quantitative estimate of drug-likeness (QED) is 0.162. The van der Waals surface area contributed by atoms with Crippen molar-refractivity contribution in [3.8, 4) is 12.3 Å². The summed E-state index contributed by atoms with van der Waals surface area (Å²) < 4.78 is 11.2. The smallest absolute Gasteiger partial charge is 0.330 e. The second-order valence-corrected chi connectivity index (χ2v) is 9.75. The standard InChI is InChI=1S/C30H30N6O7/c1-3-7-25(36-15-6-9-23(30(36)41)34-28(39)24-16-19(2)43-35-24)29(40)33-21(17-20-12-14-32-27(20)38)10-11-26(37)42-18-22-8-4-5-13-31-22/h1,4-6,8-11,13,15-16,20-21,25H,7,12,14,17-18H2,2H3,(H,32,38)(H,33,40)(H,34,39)/t20-,21+,25-/m0/s1. The number of amides is 3. The molecule has 0 bridgehead atoms. The highest BCUT2D eigenvalue weighted by Gasteiger charge is 2.29. The summed E-state index contributed by atoms with van der Waals surface area (Å²) in [4.78, 5) is 68.1. The lowest BCUT2D eigenvalue weighted by Gasteiger charge is -2.23. The summed E-state index contributed by atoms with van der Waals surface area (Å²) in [7, 11) is 0. The zero-order valence-electron chi connectivity index (χ0n) is 23.3. The second-order valence-electron chi connectivity index (χ2n) is 9.75. The average Bonchev–Trinajstić information content (AvgIpc) is 3.62. The molecule has 0 aromatic carbocycles. The Kier molecular flexibility index (Phi) is 10.2. The molecule has 1 aliphatic heterocycles. The lowest BCUT2D eigenvalue weighted by molar-refractivity contribution is -0.139. The molecule has 3 atom stereocenters. The first-order chi connectivity index (χ1) is 20.7. The Labute approximate surface area is 246 Å². The minimum Gasteiger partial charge on any atom is -0.456 e. The Hall–Kier alpha value is -5.51. The topological polar surface area (TPSA) is 175 Å². The molecule has 222 valence electrons. The van der Waals surface area contributed by atoms with Crippen LogP contribution in [0.5, 0.6) is 0 Å². The molecule has 1 saturated heterocycles. The first kappa shape index (κ1) is 30.4. The van der Waals surface area contributed by atoms with Crippen LogP contribution in [0.2, 0.25) is 0 Å². The van der Waals surface area contributed by atoms with Crippen LogP contribution < -0.4 is 21.5 Å². The molecule has 0 spiro atoms. The Morgan fingerprint density at radius 1 is 1.28 bits per heavy atom. The number of nitrogens with one attached hydrogen (secondary N) is 3. The molecule has 3 N–H and O–H groups in total. The lowest BCUT2D eigenvalue weighted by atomic mass is 9.97. The number of aromatic nitrogens is 3. The molecule has 13 nitrogen and oxygen atoms in total. The van der Waals surface area contributed by atoms with E-state index in [1.165, 1.54) is 36.5 Å². The summed E-state index contributed by atoms with van der Waals surface area (Å²) in [5, 5.41) is 11.7. The summed E-state index contributed by atoms with van der Waals surface area (Å²) in [5.74, 6) is 0.318. The number of pyridine rings is 2. The molecule has 3 aromatic heterocycles. The van der Waals surface area contributed by atoms with Crippen molar-refractivity contribution in [2.24, 2.45) is 5.92 Å². The van der Waals surface area contributed by atoms with Crippen molar-refractivity contribution in [3.63, 3.8) is 0 Å². The third kappa shape index (κ3) is 8.26. The van der Waals surface area contributed by atoms with E-state index < -0.39 is 41.3 Å². The molecular weight excluding hydrogens is 556 g/mol. The molecular formula is C30H30N6O7. The number of rotatable bonds is 12. The van der Waals surface area contributed by atoms with Crippen LogP contribution in [0.15, 0.2) is 70.3 Å². The number of carbonyl (C=O) groups is 4. The number of ether oxygens (including phenoxy) is 1. The van der Waals surface area contributed by atoms with E-state index in [0.717, 1.165) is 4.57 Å². The highest BCUT2D eigenvalue weighted by molar-refractivity contribution is 6.02. The predicted molar refractivity (Wildman–Crippen MR) is 153 cm³/mol. The number of hydrogen-bond acceptors (Lipinski definition) is 9. The van der Waals surface area contributed by atoms with Gasteiger partial charge < -0.3 is 29.8 Å². The van der Waals surface area contributed by atoms with Gasteiger partial charge in [-0.25, -0.2) is 4.79 Å². The van der Waals surface area contributed by atoms with Crippen LogP contribution >= 0.6 is 0 Å². The van der Waals surface area contributed by atoms with Crippen LogP contribution in [0.4, 0.5) is 5.69 Å². The predicted octanol–water partition coefficient (Wildman–Crippen LogP) is 1.67. The maximum Gasteiger partial charge on any atom is 0.330 e. The van der Waals surface area contributed by atoms with Crippen molar-refractivity contribution >= 4 is 29.4 Å². The van der Waals surface area contributed by atoms with Crippen LogP contribution in [-0.2, 0) is 25.7 Å². The van der Waals surface area contributed by atoms with E-state index in [9.17, 15) is 24.0 Å². The Morgan fingerprint density at radius 3 is 2.79 bits per heavy atom. The van der Waals surface area contributed by atoms with Gasteiger partial charge in [0.15, 0.2) is 5.69 Å². The molecule has 3 aromatic rings. The van der Waals surface area contributed by atoms with Crippen molar-refractivity contribution < 1.29 is 28.4 Å². The molecule has 4 heterocycles. The van der Waals surface area contributed by atoms with E-state index >= 15 is 0 Å². The molecule has 0 aliphatic carbocycles. The fourth-order valence-electron chi connectivity index (χ4n) is 4.45. The van der Waals surface area contributed by atoms with E-state index in [1.54, 1.807) is 31.3 Å². The van der Waals surface area contributed by atoms with Crippen molar-refractivity contribution in [2.45, 2.75) is 44.9 Å². The van der Waals surface area contributed by atoms with Gasteiger partial charge in [-0.1, -0.05) is 17.3 Å². The Morgan fingerprint density at radius 2 is 2.12 bits per heavy atom. The third-order valence-electron chi connectivity index (χ3n) is 6.61. The molecule has 0 unspecified atom stereocenters. The monoisotopic (exact) mass is 586 g/mol. The molecule has 13 heteroatoms. The summed E-state index contributed by atoms with van der Waals surface area (Å²) in [6, 6.07) is 7.58. The van der Waals surface area contributed by atoms with Gasteiger partial charge in [0.1, 0.15) is 24.1 Å². The molecule has 1 fully saturated rings. The highest BCUT2D eigenvalue weighted by Crippen LogP contribution is 2.19. The van der Waals surface area contributed by atoms with Crippen LogP contribution in [0, 0.1) is 25.2 Å². The summed E-state index contributed by atoms with van der Waals surface area (Å²) >= 11 is 0. The normalized spacial score (nSPS) is 15.7. The van der Waals surface area contributed by atoms with E-state index in [1.807, 2.05) is 0 Å². The van der Waals surface area contributed by atoms with Gasteiger partial charge in [-0.05, 0) is 44.0 Å². The van der Waals surface area contributed by atoms with E-state index in [2.05, 4.69) is 32.0 Å². The van der Waals surface area contributed by atoms with Gasteiger partial charge >= 0.3 is 5.97 Å². The Bertz CT molecular complexity index is 1600. The van der Waals surface area contributed by atoms with Crippen LogP contribution in [-0.4, -0.2) is 51.0 Å². The number of terminal acetylenes is 1. The lowest BCUT2D eigenvalue weighted by Crippen LogP contribution is -2.43. The van der Waals surface area contributed by atoms with Crippen LogP contribution in [0.25, 0.3) is 0 Å². The molecule has 3 amide bonds. The number of nitrogens with zero attached hydrogens (tertiary/aromatic N) is 3. The van der Waals surface area contributed by atoms with Gasteiger partial charge in [-0.2, -0.15) is 0 Å². The summed E-state index contributed by atoms with van der Waals surface area (Å²) in [6.07, 6.45) is 11.7. The average molecular weight is 587 g/mol. The molecule has 0 radical (unpaired) electrons. The number of carbonyl (C=O) groups excluding carboxylic acids is 4. The third-order valence-corrected chi connectivity index (χ3v) is 6.61. The van der Waals surface area contributed by atoms with E-state index in [4.69, 9.17) is 15.7 Å². The minimum atomic E-state index is -1.16. The first-order valence-electron chi connectivity index (χ1n) is 13.5. The van der Waals surface area contributed by atoms with Crippen molar-refractivity contribution in [2.75, 3.05) is 11.9 Å². The number of anilines is 1. The number of hydrogen-bond donors (Lipinski definition) is 3. The van der Waals surface area contributed by atoms with Gasteiger partial charge in [-0.3, -0.25) is 24.2 Å². The maximum absolute atomic E-state index is 13.5. The van der Waals surface area contributed by atoms with E-state index in [0.29, 0.717) is 24.4 Å². The van der Waals surface area contributed by atoms with Gasteiger partial charge in [0.25, 0.3) is 11.5 Å². The van der Waals surface area contributed by atoms with Crippen molar-refractivity contribution in [1.29, 1.82) is 0 Å². The molecule has 43 heavy (non-hydrogen) atoms. The second kappa shape index (κ2) is 14.4. The van der Waals surface area contributed by atoms with E-state index in [-0.39, 0.29) is 36.7 Å². The number of esters is 1. The highest BCUT2D eigenvalue weighted by atomic mass is 16.5. The fraction of sp³-hybridized carbons (Fsp3) is 0.300. The number of aryl methyl sites for hydroxylation is 1. The minimum absolute atomic E-state index is 0.0191. The zero-order chi connectivity index (χ0) is 30.8. The van der Waals surface area contributed by atoms with Gasteiger partial charge in [0, 0.05) is 49.5 Å². The largest absolute Gasteiger partial charge is 0.456 e. The maximum atomic E-state index is 13.5. The Balaban J connectivity index is 1.50. The first-order valence-corrected chi connectivity index (χ1v) is 13.5. The van der Waals surface area contributed by atoms with Gasteiger partial charge in [0.05, 0.1) is 5.69 Å². The van der Waals surface area contributed by atoms with Gasteiger partial charge in [-0.15, -0.1) is 12.3 Å². The fourth-order valence-corrected chi connectivity index (χ4v) is 4.45. The molecule has 1 aliphatic rings. The summed E-state index contributed by atoms with van der Waals surface area (Å²) in [6.45, 7) is 2.08. The van der Waals surface area contributed by atoms with Gasteiger partial charge in [0.2, 0.25) is 11.8 Å². The van der Waals surface area contributed by atoms with Crippen molar-refractivity contribution in [1.82, 2.24) is 25.3 Å². The SMILES string of the molecule is C#CC[C@@H](C(=O)N[C@H](C=CC(=O)OCc1ccccn1)C[C@@H]1CCNC1=O)n1cccc(NC(=O)c2cc(C)on2)c1=O.